The average molecular weight is 335 g/mol. The summed E-state index contributed by atoms with van der Waals surface area (Å²) in [5.41, 5.74) is 0. The summed E-state index contributed by atoms with van der Waals surface area (Å²) >= 11 is 3.43. The second kappa shape index (κ2) is 5.78. The van der Waals surface area contributed by atoms with E-state index in [1.807, 2.05) is 6.08 Å². The molecule has 0 unspecified atom stereocenters. The lowest BCUT2D eigenvalue weighted by Crippen LogP contribution is -2.50. The maximum Gasteiger partial charge on any atom is 0.193 e. The van der Waals surface area contributed by atoms with E-state index in [2.05, 4.69) is 56.7 Å². The molecule has 4 heteroatoms. The predicted octanol–water partition coefficient (Wildman–Crippen LogP) is 4.45. The summed E-state index contributed by atoms with van der Waals surface area (Å²) in [4.78, 5) is 0. The smallest absolute Gasteiger partial charge is 0.193 e. The van der Waals surface area contributed by atoms with E-state index in [9.17, 15) is 5.11 Å². The van der Waals surface area contributed by atoms with Gasteiger partial charge in [0.15, 0.2) is 8.32 Å². The lowest BCUT2D eigenvalue weighted by molar-refractivity contribution is 0.0429. The molecule has 0 aromatic carbocycles. The van der Waals surface area contributed by atoms with E-state index in [-0.39, 0.29) is 11.1 Å². The van der Waals surface area contributed by atoms with Crippen LogP contribution in [0, 0.1) is 5.92 Å². The number of halogens is 1. The fourth-order valence-electron chi connectivity index (χ4n) is 2.19. The fourth-order valence-corrected chi connectivity index (χ4v) is 5.41. The molecule has 0 bridgehead atoms. The molecule has 0 heterocycles. The van der Waals surface area contributed by atoms with Crippen LogP contribution in [0.3, 0.4) is 0 Å². The van der Waals surface area contributed by atoms with E-state index in [4.69, 9.17) is 4.43 Å². The van der Waals surface area contributed by atoms with Crippen molar-refractivity contribution in [1.82, 2.24) is 0 Å². The van der Waals surface area contributed by atoms with Gasteiger partial charge >= 0.3 is 0 Å². The van der Waals surface area contributed by atoms with Crippen LogP contribution in [0.4, 0.5) is 0 Å². The number of aliphatic hydroxyl groups excluding tert-OH is 1. The largest absolute Gasteiger partial charge is 0.411 e. The third-order valence-electron chi connectivity index (χ3n) is 4.87. The molecule has 2 nitrogen and oxygen atoms in total. The molecule has 0 fully saturated rings. The third-order valence-corrected chi connectivity index (χ3v) is 10.2. The molecule has 1 aliphatic carbocycles. The predicted molar refractivity (Wildman–Crippen MR) is 83.5 cm³/mol. The van der Waals surface area contributed by atoms with Gasteiger partial charge in [0.05, 0.1) is 6.10 Å². The van der Waals surface area contributed by atoms with Crippen LogP contribution in [0.2, 0.25) is 18.1 Å². The second-order valence-electron chi connectivity index (χ2n) is 6.65. The molecule has 0 spiro atoms. The van der Waals surface area contributed by atoms with Gasteiger partial charge in [-0.2, -0.15) is 0 Å². The standard InChI is InChI=1S/C14H27BrO2Si/c1-10(2)14(3,4)18(5,6)17-12-9-7-8-11(15)13(12)16/h8,10,12-13,16H,7,9H2,1-6H3/t12-,13-/m0/s1. The van der Waals surface area contributed by atoms with Crippen molar-refractivity contribution in [1.29, 1.82) is 0 Å². The van der Waals surface area contributed by atoms with Crippen molar-refractivity contribution in [2.45, 2.75) is 70.9 Å². The van der Waals surface area contributed by atoms with Gasteiger partial charge in [-0.25, -0.2) is 0 Å². The monoisotopic (exact) mass is 334 g/mol. The maximum absolute atomic E-state index is 10.2. The van der Waals surface area contributed by atoms with Crippen molar-refractivity contribution in [3.8, 4) is 0 Å². The Balaban J connectivity index is 2.81. The molecule has 1 rings (SSSR count). The first-order valence-electron chi connectivity index (χ1n) is 6.81. The van der Waals surface area contributed by atoms with Crippen molar-refractivity contribution in [2.24, 2.45) is 5.92 Å². The first-order chi connectivity index (χ1) is 8.09. The van der Waals surface area contributed by atoms with E-state index in [0.29, 0.717) is 5.92 Å². The number of hydrogen-bond acceptors (Lipinski definition) is 2. The van der Waals surface area contributed by atoms with E-state index in [1.54, 1.807) is 0 Å². The highest BCUT2D eigenvalue weighted by Crippen LogP contribution is 2.46. The lowest BCUT2D eigenvalue weighted by atomic mass is 9.99. The molecule has 0 aromatic rings. The highest BCUT2D eigenvalue weighted by Gasteiger charge is 2.45. The summed E-state index contributed by atoms with van der Waals surface area (Å²) in [5.74, 6) is 0.582. The Morgan fingerprint density at radius 2 is 2.00 bits per heavy atom. The molecule has 0 saturated carbocycles. The minimum atomic E-state index is -1.86. The van der Waals surface area contributed by atoms with Gasteiger partial charge in [-0.05, 0) is 36.9 Å². The van der Waals surface area contributed by atoms with Gasteiger partial charge in [-0.3, -0.25) is 0 Å². The molecule has 0 saturated heterocycles. The minimum Gasteiger partial charge on any atom is -0.411 e. The van der Waals surface area contributed by atoms with Crippen LogP contribution in [0.5, 0.6) is 0 Å². The van der Waals surface area contributed by atoms with Crippen LogP contribution < -0.4 is 0 Å². The van der Waals surface area contributed by atoms with Crippen molar-refractivity contribution in [2.75, 3.05) is 0 Å². The van der Waals surface area contributed by atoms with Crippen molar-refractivity contribution in [3.05, 3.63) is 10.6 Å². The third kappa shape index (κ3) is 3.27. The van der Waals surface area contributed by atoms with Crippen molar-refractivity contribution < 1.29 is 9.53 Å². The summed E-state index contributed by atoms with van der Waals surface area (Å²) < 4.78 is 7.29. The Labute approximate surface area is 121 Å². The van der Waals surface area contributed by atoms with Crippen LogP contribution in [-0.4, -0.2) is 25.6 Å². The van der Waals surface area contributed by atoms with Gasteiger partial charge in [-0.15, -0.1) is 0 Å². The summed E-state index contributed by atoms with van der Waals surface area (Å²) in [5, 5.41) is 10.4. The topological polar surface area (TPSA) is 29.5 Å². The Kier molecular flexibility index (Phi) is 5.27. The number of aliphatic hydroxyl groups is 1. The van der Waals surface area contributed by atoms with Crippen LogP contribution in [0.15, 0.2) is 10.6 Å². The van der Waals surface area contributed by atoms with Gasteiger partial charge < -0.3 is 9.53 Å². The van der Waals surface area contributed by atoms with Gasteiger partial charge in [0.2, 0.25) is 0 Å². The molecule has 0 radical (unpaired) electrons. The molecule has 18 heavy (non-hydrogen) atoms. The van der Waals surface area contributed by atoms with Gasteiger partial charge in [0.1, 0.15) is 6.10 Å². The molecule has 0 aromatic heterocycles. The van der Waals surface area contributed by atoms with Crippen LogP contribution in [0.1, 0.15) is 40.5 Å². The first-order valence-corrected chi connectivity index (χ1v) is 10.5. The highest BCUT2D eigenvalue weighted by atomic mass is 79.9. The normalized spacial score (nSPS) is 26.4. The molecule has 1 aliphatic rings. The van der Waals surface area contributed by atoms with Crippen molar-refractivity contribution in [3.63, 3.8) is 0 Å². The zero-order valence-corrected chi connectivity index (χ0v) is 15.0. The average Bonchev–Trinajstić information content (AvgIpc) is 2.24. The Bertz CT molecular complexity index is 324. The van der Waals surface area contributed by atoms with E-state index in [1.165, 1.54) is 0 Å². The van der Waals surface area contributed by atoms with Crippen LogP contribution in [0.25, 0.3) is 0 Å². The Hall–Kier alpha value is 0.357. The fraction of sp³-hybridized carbons (Fsp3) is 0.857. The first kappa shape index (κ1) is 16.4. The number of allylic oxidation sites excluding steroid dienone is 1. The SMILES string of the molecule is CC(C)C(C)(C)[Si](C)(C)O[C@H]1CCC=C(Br)[C@@H]1O. The lowest BCUT2D eigenvalue weighted by Gasteiger charge is -2.45. The van der Waals surface area contributed by atoms with Crippen LogP contribution >= 0.6 is 15.9 Å². The highest BCUT2D eigenvalue weighted by molar-refractivity contribution is 9.11. The molecule has 0 aliphatic heterocycles. The second-order valence-corrected chi connectivity index (χ2v) is 12.1. The molecule has 0 amide bonds. The molecular formula is C14H27BrO2Si. The van der Waals surface area contributed by atoms with Gasteiger partial charge in [0.25, 0.3) is 0 Å². The maximum atomic E-state index is 10.2. The summed E-state index contributed by atoms with van der Waals surface area (Å²) in [6.45, 7) is 13.6. The summed E-state index contributed by atoms with van der Waals surface area (Å²) in [7, 11) is -1.86. The molecule has 106 valence electrons. The van der Waals surface area contributed by atoms with E-state index < -0.39 is 14.4 Å². The molecular weight excluding hydrogens is 308 g/mol. The zero-order valence-electron chi connectivity index (χ0n) is 12.5. The molecule has 1 N–H and O–H groups in total. The zero-order chi connectivity index (χ0) is 14.1. The van der Waals surface area contributed by atoms with E-state index >= 15 is 0 Å². The minimum absolute atomic E-state index is 0.0518. The van der Waals surface area contributed by atoms with Crippen LogP contribution in [-0.2, 0) is 4.43 Å². The van der Waals surface area contributed by atoms with E-state index in [0.717, 1.165) is 17.3 Å². The summed E-state index contributed by atoms with van der Waals surface area (Å²) in [6.07, 6.45) is 3.40. The van der Waals surface area contributed by atoms with Gasteiger partial charge in [0, 0.05) is 4.48 Å². The number of rotatable bonds is 4. The summed E-state index contributed by atoms with van der Waals surface area (Å²) in [6, 6.07) is 0. The Morgan fingerprint density at radius 3 is 2.50 bits per heavy atom. The molecule has 2 atom stereocenters. The number of hydrogen-bond donors (Lipinski definition) is 1. The Morgan fingerprint density at radius 1 is 1.44 bits per heavy atom. The van der Waals surface area contributed by atoms with Gasteiger partial charge in [-0.1, -0.05) is 49.7 Å². The van der Waals surface area contributed by atoms with Crippen molar-refractivity contribution >= 4 is 24.2 Å². The quantitative estimate of drug-likeness (QED) is 0.769.